The molecule has 1 N–H and O–H groups in total. The third kappa shape index (κ3) is 3.48. The summed E-state index contributed by atoms with van der Waals surface area (Å²) in [5.41, 5.74) is 1.63. The SMILES string of the molecule is CCNc1cc(N(C)c2ccc(C#N)cc2)nc(CC)n1. The van der Waals surface area contributed by atoms with Crippen LogP contribution in [0.2, 0.25) is 0 Å². The van der Waals surface area contributed by atoms with Crippen LogP contribution in [0.15, 0.2) is 30.3 Å². The van der Waals surface area contributed by atoms with E-state index >= 15 is 0 Å². The lowest BCUT2D eigenvalue weighted by Gasteiger charge is -2.19. The second-order valence-corrected chi connectivity index (χ2v) is 4.63. The molecule has 5 nitrogen and oxygen atoms in total. The van der Waals surface area contributed by atoms with Crippen LogP contribution in [0.4, 0.5) is 17.3 Å². The Kier molecular flexibility index (Phi) is 4.72. The van der Waals surface area contributed by atoms with Crippen molar-refractivity contribution in [3.8, 4) is 6.07 Å². The van der Waals surface area contributed by atoms with Gasteiger partial charge in [-0.2, -0.15) is 5.26 Å². The van der Waals surface area contributed by atoms with Crippen LogP contribution in [0.3, 0.4) is 0 Å². The quantitative estimate of drug-likeness (QED) is 0.912. The number of aromatic nitrogens is 2. The van der Waals surface area contributed by atoms with Crippen LogP contribution < -0.4 is 10.2 Å². The fourth-order valence-corrected chi connectivity index (χ4v) is 1.98. The lowest BCUT2D eigenvalue weighted by Crippen LogP contribution is -2.14. The number of benzene rings is 1. The molecule has 0 saturated heterocycles. The van der Waals surface area contributed by atoms with Gasteiger partial charge in [0.15, 0.2) is 0 Å². The Hall–Kier alpha value is -2.61. The first-order chi connectivity index (χ1) is 10.2. The number of hydrogen-bond acceptors (Lipinski definition) is 5. The molecule has 1 aromatic heterocycles. The molecule has 0 fully saturated rings. The van der Waals surface area contributed by atoms with Crippen LogP contribution in [-0.4, -0.2) is 23.6 Å². The van der Waals surface area contributed by atoms with Crippen molar-refractivity contribution in [3.63, 3.8) is 0 Å². The first-order valence-electron chi connectivity index (χ1n) is 7.03. The molecule has 2 rings (SSSR count). The van der Waals surface area contributed by atoms with Gasteiger partial charge in [0.25, 0.3) is 0 Å². The van der Waals surface area contributed by atoms with Gasteiger partial charge in [0.1, 0.15) is 17.5 Å². The number of hydrogen-bond donors (Lipinski definition) is 1. The van der Waals surface area contributed by atoms with Crippen LogP contribution in [-0.2, 0) is 6.42 Å². The highest BCUT2D eigenvalue weighted by Gasteiger charge is 2.09. The third-order valence-electron chi connectivity index (χ3n) is 3.16. The number of rotatable bonds is 5. The summed E-state index contributed by atoms with van der Waals surface area (Å²) in [6.07, 6.45) is 0.785. The average molecular weight is 281 g/mol. The van der Waals surface area contributed by atoms with Gasteiger partial charge in [0.05, 0.1) is 11.6 Å². The standard InChI is InChI=1S/C16H19N5/c1-4-14-19-15(18-5-2)10-16(20-14)21(3)13-8-6-12(11-17)7-9-13/h6-10H,4-5H2,1-3H3,(H,18,19,20). The van der Waals surface area contributed by atoms with Gasteiger partial charge in [-0.1, -0.05) is 6.92 Å². The van der Waals surface area contributed by atoms with E-state index in [2.05, 4.69) is 21.4 Å². The molecule has 0 spiro atoms. The van der Waals surface area contributed by atoms with Crippen molar-refractivity contribution in [1.82, 2.24) is 9.97 Å². The summed E-state index contributed by atoms with van der Waals surface area (Å²) < 4.78 is 0. The topological polar surface area (TPSA) is 64.8 Å². The molecule has 21 heavy (non-hydrogen) atoms. The predicted molar refractivity (Wildman–Crippen MR) is 84.8 cm³/mol. The molecular weight excluding hydrogens is 262 g/mol. The minimum absolute atomic E-state index is 0.650. The van der Waals surface area contributed by atoms with E-state index in [4.69, 9.17) is 5.26 Å². The molecule has 0 radical (unpaired) electrons. The van der Waals surface area contributed by atoms with Crippen molar-refractivity contribution in [3.05, 3.63) is 41.7 Å². The average Bonchev–Trinajstić information content (AvgIpc) is 2.54. The van der Waals surface area contributed by atoms with Gasteiger partial charge in [0, 0.05) is 31.8 Å². The van der Waals surface area contributed by atoms with Crippen molar-refractivity contribution in [1.29, 1.82) is 5.26 Å². The Morgan fingerprint density at radius 1 is 1.19 bits per heavy atom. The fourth-order valence-electron chi connectivity index (χ4n) is 1.98. The number of nitriles is 1. The van der Waals surface area contributed by atoms with Crippen LogP contribution in [0, 0.1) is 11.3 Å². The summed E-state index contributed by atoms with van der Waals surface area (Å²) in [6.45, 7) is 4.90. The largest absolute Gasteiger partial charge is 0.370 e. The lowest BCUT2D eigenvalue weighted by atomic mass is 10.2. The first kappa shape index (κ1) is 14.8. The molecule has 0 amide bonds. The Balaban J connectivity index is 2.34. The van der Waals surface area contributed by atoms with Crippen molar-refractivity contribution in [2.24, 2.45) is 0 Å². The monoisotopic (exact) mass is 281 g/mol. The molecule has 0 aliphatic heterocycles. The van der Waals surface area contributed by atoms with Gasteiger partial charge in [-0.25, -0.2) is 9.97 Å². The van der Waals surface area contributed by atoms with E-state index in [1.807, 2.05) is 44.0 Å². The zero-order valence-electron chi connectivity index (χ0n) is 12.6. The maximum Gasteiger partial charge on any atom is 0.138 e. The summed E-state index contributed by atoms with van der Waals surface area (Å²) in [5.74, 6) is 2.48. The molecule has 0 bridgehead atoms. The van der Waals surface area contributed by atoms with Gasteiger partial charge in [-0.15, -0.1) is 0 Å². The fraction of sp³-hybridized carbons (Fsp3) is 0.312. The van der Waals surface area contributed by atoms with Crippen molar-refractivity contribution in [2.75, 3.05) is 23.8 Å². The van der Waals surface area contributed by atoms with Crippen molar-refractivity contribution < 1.29 is 0 Å². The van der Waals surface area contributed by atoms with E-state index in [9.17, 15) is 0 Å². The molecule has 1 aromatic carbocycles. The molecule has 2 aromatic rings. The normalized spacial score (nSPS) is 10.0. The van der Waals surface area contributed by atoms with E-state index in [1.165, 1.54) is 0 Å². The molecule has 0 aliphatic carbocycles. The van der Waals surface area contributed by atoms with E-state index < -0.39 is 0 Å². The Morgan fingerprint density at radius 2 is 1.90 bits per heavy atom. The molecule has 0 aliphatic rings. The Bertz CT molecular complexity index is 643. The molecule has 5 heteroatoms. The second-order valence-electron chi connectivity index (χ2n) is 4.63. The Morgan fingerprint density at radius 3 is 2.48 bits per heavy atom. The molecular formula is C16H19N5. The van der Waals surface area contributed by atoms with Crippen molar-refractivity contribution >= 4 is 17.3 Å². The van der Waals surface area contributed by atoms with Gasteiger partial charge in [0.2, 0.25) is 0 Å². The van der Waals surface area contributed by atoms with Gasteiger partial charge in [-0.05, 0) is 31.2 Å². The van der Waals surface area contributed by atoms with Crippen LogP contribution in [0.25, 0.3) is 0 Å². The minimum Gasteiger partial charge on any atom is -0.370 e. The Labute approximate surface area is 125 Å². The summed E-state index contributed by atoms with van der Waals surface area (Å²) in [6, 6.07) is 11.5. The van der Waals surface area contributed by atoms with Gasteiger partial charge >= 0.3 is 0 Å². The number of nitrogens with zero attached hydrogens (tertiary/aromatic N) is 4. The van der Waals surface area contributed by atoms with E-state index in [1.54, 1.807) is 12.1 Å². The lowest BCUT2D eigenvalue weighted by molar-refractivity contribution is 0.923. The molecule has 0 saturated carbocycles. The van der Waals surface area contributed by atoms with Gasteiger partial charge < -0.3 is 10.2 Å². The number of anilines is 3. The van der Waals surface area contributed by atoms with Crippen LogP contribution in [0.1, 0.15) is 25.2 Å². The molecule has 0 atom stereocenters. The highest BCUT2D eigenvalue weighted by atomic mass is 15.2. The number of nitrogens with one attached hydrogen (secondary N) is 1. The third-order valence-corrected chi connectivity index (χ3v) is 3.16. The van der Waals surface area contributed by atoms with Crippen LogP contribution in [0.5, 0.6) is 0 Å². The van der Waals surface area contributed by atoms with Crippen LogP contribution >= 0.6 is 0 Å². The highest BCUT2D eigenvalue weighted by molar-refractivity contribution is 5.62. The second kappa shape index (κ2) is 6.71. The maximum absolute atomic E-state index is 8.86. The summed E-state index contributed by atoms with van der Waals surface area (Å²) >= 11 is 0. The molecule has 108 valence electrons. The minimum atomic E-state index is 0.650. The molecule has 1 heterocycles. The summed E-state index contributed by atoms with van der Waals surface area (Å²) in [7, 11) is 1.96. The first-order valence-corrected chi connectivity index (χ1v) is 7.03. The van der Waals surface area contributed by atoms with E-state index in [0.29, 0.717) is 5.56 Å². The predicted octanol–water partition coefficient (Wildman–Crippen LogP) is 3.11. The zero-order valence-corrected chi connectivity index (χ0v) is 12.6. The highest BCUT2D eigenvalue weighted by Crippen LogP contribution is 2.24. The van der Waals surface area contributed by atoms with Crippen molar-refractivity contribution in [2.45, 2.75) is 20.3 Å². The molecule has 0 unspecified atom stereocenters. The van der Waals surface area contributed by atoms with E-state index in [-0.39, 0.29) is 0 Å². The zero-order chi connectivity index (χ0) is 15.2. The van der Waals surface area contributed by atoms with E-state index in [0.717, 1.165) is 36.1 Å². The number of aryl methyl sites for hydroxylation is 1. The maximum atomic E-state index is 8.86. The smallest absolute Gasteiger partial charge is 0.138 e. The summed E-state index contributed by atoms with van der Waals surface area (Å²) in [5, 5.41) is 12.1. The summed E-state index contributed by atoms with van der Waals surface area (Å²) in [4.78, 5) is 11.0. The van der Waals surface area contributed by atoms with Gasteiger partial charge in [-0.3, -0.25) is 0 Å².